The Hall–Kier alpha value is -1.82. The molecule has 0 atom stereocenters. The molecule has 5 nitrogen and oxygen atoms in total. The summed E-state index contributed by atoms with van der Waals surface area (Å²) >= 11 is 0. The molecule has 1 saturated heterocycles. The van der Waals surface area contributed by atoms with Crippen LogP contribution in [0.2, 0.25) is 0 Å². The van der Waals surface area contributed by atoms with Crippen molar-refractivity contribution in [1.29, 1.82) is 0 Å². The fraction of sp³-hybridized carbons (Fsp3) is 0.400. The number of hydrogen-bond donors (Lipinski definition) is 0. The molecule has 6 heteroatoms. The minimum Gasteiger partial charge on any atom is -0.319 e. The number of anilines is 1. The molecule has 2 rings (SSSR count). The summed E-state index contributed by atoms with van der Waals surface area (Å²) in [4.78, 5) is 16.0. The standard InChI is InChI=1S/C15H20N2O3S/c1-12(2)7-8-16-9-10-17(15(16)18)13-5-4-6-14(11-13)21(3,19)20/h4-7,11H,8-10H2,1-3H3. The summed E-state index contributed by atoms with van der Waals surface area (Å²) in [7, 11) is -3.27. The Kier molecular flexibility index (Phi) is 4.37. The zero-order valence-electron chi connectivity index (χ0n) is 12.5. The van der Waals surface area contributed by atoms with Crippen LogP contribution < -0.4 is 4.90 Å². The van der Waals surface area contributed by atoms with Gasteiger partial charge in [0.1, 0.15) is 0 Å². The van der Waals surface area contributed by atoms with Crippen LogP contribution in [0.4, 0.5) is 10.5 Å². The molecule has 0 aliphatic carbocycles. The maximum absolute atomic E-state index is 12.4. The van der Waals surface area contributed by atoms with E-state index in [-0.39, 0.29) is 10.9 Å². The number of nitrogens with zero attached hydrogens (tertiary/aromatic N) is 2. The maximum atomic E-state index is 12.4. The summed E-state index contributed by atoms with van der Waals surface area (Å²) in [6.45, 7) is 5.79. The maximum Gasteiger partial charge on any atom is 0.324 e. The van der Waals surface area contributed by atoms with Gasteiger partial charge in [-0.15, -0.1) is 0 Å². The molecule has 0 N–H and O–H groups in total. The molecule has 0 aromatic heterocycles. The zero-order valence-corrected chi connectivity index (χ0v) is 13.4. The Morgan fingerprint density at radius 3 is 2.62 bits per heavy atom. The van der Waals surface area contributed by atoms with E-state index in [9.17, 15) is 13.2 Å². The normalized spacial score (nSPS) is 15.5. The molecule has 0 saturated carbocycles. The zero-order chi connectivity index (χ0) is 15.6. The van der Waals surface area contributed by atoms with Crippen molar-refractivity contribution in [3.8, 4) is 0 Å². The molecule has 1 aromatic carbocycles. The monoisotopic (exact) mass is 308 g/mol. The van der Waals surface area contributed by atoms with Crippen LogP contribution in [0.3, 0.4) is 0 Å². The molecule has 1 aliphatic heterocycles. The lowest BCUT2D eigenvalue weighted by molar-refractivity contribution is 0.225. The van der Waals surface area contributed by atoms with E-state index in [1.165, 1.54) is 11.8 Å². The van der Waals surface area contributed by atoms with Crippen molar-refractivity contribution in [2.24, 2.45) is 0 Å². The molecule has 1 aliphatic rings. The van der Waals surface area contributed by atoms with Gasteiger partial charge in [-0.2, -0.15) is 0 Å². The van der Waals surface area contributed by atoms with E-state index in [2.05, 4.69) is 0 Å². The summed E-state index contributed by atoms with van der Waals surface area (Å²) in [6.07, 6.45) is 3.17. The van der Waals surface area contributed by atoms with Crippen molar-refractivity contribution >= 4 is 21.6 Å². The van der Waals surface area contributed by atoms with Crippen molar-refractivity contribution in [2.75, 3.05) is 30.8 Å². The topological polar surface area (TPSA) is 57.7 Å². The lowest BCUT2D eigenvalue weighted by atomic mass is 10.3. The SMILES string of the molecule is CC(C)=CCN1CCN(c2cccc(S(C)(=O)=O)c2)C1=O. The molecule has 0 bridgehead atoms. The van der Waals surface area contributed by atoms with Crippen molar-refractivity contribution < 1.29 is 13.2 Å². The first kappa shape index (κ1) is 15.6. The second kappa shape index (κ2) is 5.89. The highest BCUT2D eigenvalue weighted by Crippen LogP contribution is 2.23. The van der Waals surface area contributed by atoms with Crippen LogP contribution in [0.15, 0.2) is 40.8 Å². The molecule has 2 amide bonds. The summed E-state index contributed by atoms with van der Waals surface area (Å²) < 4.78 is 23.2. The number of carbonyl (C=O) groups is 1. The first-order chi connectivity index (χ1) is 9.79. The van der Waals surface area contributed by atoms with Crippen LogP contribution in [0.1, 0.15) is 13.8 Å². The Morgan fingerprint density at radius 1 is 1.29 bits per heavy atom. The van der Waals surface area contributed by atoms with Gasteiger partial charge in [0.15, 0.2) is 9.84 Å². The van der Waals surface area contributed by atoms with Gasteiger partial charge in [0, 0.05) is 31.6 Å². The van der Waals surface area contributed by atoms with Crippen LogP contribution in [-0.4, -0.2) is 45.2 Å². The smallest absolute Gasteiger partial charge is 0.319 e. The highest BCUT2D eigenvalue weighted by molar-refractivity contribution is 7.90. The van der Waals surface area contributed by atoms with Gasteiger partial charge in [-0.1, -0.05) is 17.7 Å². The fourth-order valence-corrected chi connectivity index (χ4v) is 2.83. The highest BCUT2D eigenvalue weighted by Gasteiger charge is 2.29. The number of amides is 2. The number of carbonyl (C=O) groups excluding carboxylic acids is 1. The summed E-state index contributed by atoms with van der Waals surface area (Å²) in [5, 5.41) is 0. The van der Waals surface area contributed by atoms with E-state index in [1.54, 1.807) is 34.1 Å². The van der Waals surface area contributed by atoms with E-state index >= 15 is 0 Å². The Morgan fingerprint density at radius 2 is 2.00 bits per heavy atom. The van der Waals surface area contributed by atoms with Gasteiger partial charge in [0.25, 0.3) is 0 Å². The number of hydrogen-bond acceptors (Lipinski definition) is 3. The van der Waals surface area contributed by atoms with Gasteiger partial charge in [-0.25, -0.2) is 13.2 Å². The number of urea groups is 1. The third kappa shape index (κ3) is 3.64. The molecule has 0 unspecified atom stereocenters. The summed E-state index contributed by atoms with van der Waals surface area (Å²) in [5.74, 6) is 0. The van der Waals surface area contributed by atoms with Crippen LogP contribution in [0, 0.1) is 0 Å². The minimum atomic E-state index is -3.27. The van der Waals surface area contributed by atoms with E-state index in [0.717, 1.165) is 0 Å². The van der Waals surface area contributed by atoms with E-state index in [0.29, 0.717) is 25.3 Å². The van der Waals surface area contributed by atoms with Crippen LogP contribution >= 0.6 is 0 Å². The number of allylic oxidation sites excluding steroid dienone is 1. The predicted octanol–water partition coefficient (Wildman–Crippen LogP) is 2.30. The Balaban J connectivity index is 2.21. The van der Waals surface area contributed by atoms with Crippen LogP contribution in [0.25, 0.3) is 0 Å². The second-order valence-electron chi connectivity index (χ2n) is 5.43. The second-order valence-corrected chi connectivity index (χ2v) is 7.45. The van der Waals surface area contributed by atoms with Crippen molar-refractivity contribution in [3.05, 3.63) is 35.9 Å². The van der Waals surface area contributed by atoms with Crippen LogP contribution in [0.5, 0.6) is 0 Å². The molecule has 114 valence electrons. The molecular formula is C15H20N2O3S. The van der Waals surface area contributed by atoms with E-state index in [1.807, 2.05) is 19.9 Å². The first-order valence-electron chi connectivity index (χ1n) is 6.79. The van der Waals surface area contributed by atoms with Crippen LogP contribution in [-0.2, 0) is 9.84 Å². The summed E-state index contributed by atoms with van der Waals surface area (Å²) in [5.41, 5.74) is 1.79. The molecule has 0 spiro atoms. The van der Waals surface area contributed by atoms with Crippen molar-refractivity contribution in [2.45, 2.75) is 18.7 Å². The average molecular weight is 308 g/mol. The van der Waals surface area contributed by atoms with Gasteiger partial charge in [-0.3, -0.25) is 4.90 Å². The number of sulfone groups is 1. The van der Waals surface area contributed by atoms with E-state index < -0.39 is 9.84 Å². The van der Waals surface area contributed by atoms with Crippen molar-refractivity contribution in [3.63, 3.8) is 0 Å². The molecular weight excluding hydrogens is 288 g/mol. The quantitative estimate of drug-likeness (QED) is 0.802. The molecule has 1 fully saturated rings. The molecule has 1 heterocycles. The first-order valence-corrected chi connectivity index (χ1v) is 8.68. The molecule has 1 aromatic rings. The fourth-order valence-electron chi connectivity index (χ4n) is 2.17. The average Bonchev–Trinajstić information content (AvgIpc) is 2.77. The van der Waals surface area contributed by atoms with Gasteiger partial charge in [0.05, 0.1) is 4.90 Å². The predicted molar refractivity (Wildman–Crippen MR) is 83.3 cm³/mol. The van der Waals surface area contributed by atoms with Crippen molar-refractivity contribution in [1.82, 2.24) is 4.90 Å². The minimum absolute atomic E-state index is 0.0850. The van der Waals surface area contributed by atoms with Gasteiger partial charge in [-0.05, 0) is 32.0 Å². The van der Waals surface area contributed by atoms with E-state index in [4.69, 9.17) is 0 Å². The third-order valence-electron chi connectivity index (χ3n) is 3.37. The Bertz CT molecular complexity index is 676. The largest absolute Gasteiger partial charge is 0.324 e. The number of rotatable bonds is 4. The molecule has 21 heavy (non-hydrogen) atoms. The Labute approximate surface area is 125 Å². The lowest BCUT2D eigenvalue weighted by Gasteiger charge is -2.18. The highest BCUT2D eigenvalue weighted by atomic mass is 32.2. The molecule has 0 radical (unpaired) electrons. The van der Waals surface area contributed by atoms with Gasteiger partial charge in [0.2, 0.25) is 0 Å². The number of benzene rings is 1. The third-order valence-corrected chi connectivity index (χ3v) is 4.48. The lowest BCUT2D eigenvalue weighted by Crippen LogP contribution is -2.32. The van der Waals surface area contributed by atoms with Gasteiger partial charge >= 0.3 is 6.03 Å². The van der Waals surface area contributed by atoms with Gasteiger partial charge < -0.3 is 4.90 Å². The summed E-state index contributed by atoms with van der Waals surface area (Å²) in [6, 6.07) is 6.44.